The molecule has 2 aromatic rings. The van der Waals surface area contributed by atoms with Gasteiger partial charge in [0.05, 0.1) is 24.2 Å². The van der Waals surface area contributed by atoms with Gasteiger partial charge >= 0.3 is 6.18 Å². The van der Waals surface area contributed by atoms with Crippen molar-refractivity contribution in [3.8, 4) is 0 Å². The van der Waals surface area contributed by atoms with E-state index in [0.717, 1.165) is 18.3 Å². The lowest BCUT2D eigenvalue weighted by molar-refractivity contribution is -0.137. The van der Waals surface area contributed by atoms with Crippen LogP contribution in [0.15, 0.2) is 42.6 Å². The first kappa shape index (κ1) is 16.9. The predicted octanol–water partition coefficient (Wildman–Crippen LogP) is 3.66. The Labute approximate surface area is 130 Å². The second kappa shape index (κ2) is 6.76. The van der Waals surface area contributed by atoms with E-state index in [4.69, 9.17) is 0 Å². The fourth-order valence-corrected chi connectivity index (χ4v) is 2.04. The highest BCUT2D eigenvalue weighted by Crippen LogP contribution is 2.30. The third-order valence-corrected chi connectivity index (χ3v) is 3.22. The minimum Gasteiger partial charge on any atom is -0.349 e. The Morgan fingerprint density at radius 3 is 2.61 bits per heavy atom. The fourth-order valence-electron chi connectivity index (χ4n) is 2.04. The van der Waals surface area contributed by atoms with Crippen LogP contribution in [-0.4, -0.2) is 10.9 Å². The summed E-state index contributed by atoms with van der Waals surface area (Å²) in [5, 5.41) is 2.60. The summed E-state index contributed by atoms with van der Waals surface area (Å²) < 4.78 is 50.8. The second-order valence-electron chi connectivity index (χ2n) is 5.06. The molecule has 7 heteroatoms. The number of hydrogen-bond donors (Lipinski definition) is 1. The van der Waals surface area contributed by atoms with Gasteiger partial charge < -0.3 is 5.32 Å². The summed E-state index contributed by atoms with van der Waals surface area (Å²) in [5.41, 5.74) is -0.0447. The number of amides is 1. The number of benzene rings is 1. The van der Waals surface area contributed by atoms with Gasteiger partial charge in [-0.2, -0.15) is 13.2 Å². The largest absolute Gasteiger partial charge is 0.416 e. The molecule has 0 aliphatic rings. The van der Waals surface area contributed by atoms with Gasteiger partial charge in [-0.3, -0.25) is 9.78 Å². The molecule has 3 nitrogen and oxygen atoms in total. The molecule has 0 aliphatic heterocycles. The normalized spacial score (nSPS) is 12.7. The van der Waals surface area contributed by atoms with Gasteiger partial charge in [0, 0.05) is 5.69 Å². The number of carbonyl (C=O) groups excluding carboxylic acids is 1. The van der Waals surface area contributed by atoms with Crippen molar-refractivity contribution in [1.82, 2.24) is 10.3 Å². The van der Waals surface area contributed by atoms with Crippen LogP contribution in [0.25, 0.3) is 0 Å². The zero-order valence-electron chi connectivity index (χ0n) is 12.2. The van der Waals surface area contributed by atoms with E-state index in [1.54, 1.807) is 6.92 Å². The lowest BCUT2D eigenvalue weighted by Gasteiger charge is -2.16. The van der Waals surface area contributed by atoms with Gasteiger partial charge in [-0.1, -0.05) is 12.1 Å². The van der Waals surface area contributed by atoms with Crippen LogP contribution in [0.1, 0.15) is 29.8 Å². The fraction of sp³-hybridized carbons (Fsp3) is 0.250. The maximum atomic E-state index is 12.7. The van der Waals surface area contributed by atoms with Crippen LogP contribution in [0.2, 0.25) is 0 Å². The molecule has 1 heterocycles. The molecule has 0 saturated heterocycles. The number of nitrogens with zero attached hydrogens (tertiary/aromatic N) is 1. The molecular formula is C16H14F4N2O. The molecule has 122 valence electrons. The number of hydrogen-bond acceptors (Lipinski definition) is 2. The second-order valence-corrected chi connectivity index (χ2v) is 5.06. The molecule has 0 fully saturated rings. The summed E-state index contributed by atoms with van der Waals surface area (Å²) in [6.07, 6.45) is -3.51. The van der Waals surface area contributed by atoms with E-state index in [2.05, 4.69) is 10.3 Å². The summed E-state index contributed by atoms with van der Waals surface area (Å²) in [6.45, 7) is 1.59. The highest BCUT2D eigenvalue weighted by atomic mass is 19.4. The molecule has 2 rings (SSSR count). The van der Waals surface area contributed by atoms with Gasteiger partial charge in [0.15, 0.2) is 0 Å². The van der Waals surface area contributed by atoms with E-state index in [1.165, 1.54) is 24.3 Å². The zero-order valence-corrected chi connectivity index (χ0v) is 12.2. The van der Waals surface area contributed by atoms with Gasteiger partial charge in [0.1, 0.15) is 5.82 Å². The third kappa shape index (κ3) is 4.77. The molecular weight excluding hydrogens is 312 g/mol. The minimum atomic E-state index is -4.43. The van der Waals surface area contributed by atoms with Crippen LogP contribution in [0, 0.1) is 5.82 Å². The van der Waals surface area contributed by atoms with Crippen molar-refractivity contribution in [2.45, 2.75) is 25.6 Å². The van der Waals surface area contributed by atoms with Crippen LogP contribution in [0.3, 0.4) is 0 Å². The van der Waals surface area contributed by atoms with Crippen LogP contribution in [0.5, 0.6) is 0 Å². The summed E-state index contributed by atoms with van der Waals surface area (Å²) in [5.74, 6) is -0.916. The molecule has 1 N–H and O–H groups in total. The molecule has 0 bridgehead atoms. The molecule has 0 aliphatic carbocycles. The van der Waals surface area contributed by atoms with Crippen molar-refractivity contribution in [2.24, 2.45) is 0 Å². The number of alkyl halides is 3. The average molecular weight is 326 g/mol. The number of nitrogens with one attached hydrogen (secondary N) is 1. The van der Waals surface area contributed by atoms with Gasteiger partial charge in [-0.15, -0.1) is 0 Å². The molecule has 0 radical (unpaired) electrons. The summed E-state index contributed by atoms with van der Waals surface area (Å²) in [7, 11) is 0. The van der Waals surface area contributed by atoms with E-state index < -0.39 is 29.5 Å². The van der Waals surface area contributed by atoms with E-state index in [9.17, 15) is 22.4 Å². The molecule has 1 amide bonds. The molecule has 23 heavy (non-hydrogen) atoms. The Kier molecular flexibility index (Phi) is 4.98. The number of pyridine rings is 1. The van der Waals surface area contributed by atoms with Gasteiger partial charge in [0.25, 0.3) is 0 Å². The monoisotopic (exact) mass is 326 g/mol. The van der Waals surface area contributed by atoms with Crippen molar-refractivity contribution in [3.63, 3.8) is 0 Å². The molecule has 1 aromatic carbocycles. The SMILES string of the molecule is C[C@H](NC(=O)Cc1ccc(F)cn1)c1cccc(C(F)(F)F)c1. The molecule has 0 spiro atoms. The minimum absolute atomic E-state index is 0.0798. The average Bonchev–Trinajstić information content (AvgIpc) is 2.49. The Hall–Kier alpha value is -2.44. The van der Waals surface area contributed by atoms with Crippen LogP contribution in [0.4, 0.5) is 17.6 Å². The first-order chi connectivity index (χ1) is 10.8. The number of halogens is 4. The Morgan fingerprint density at radius 1 is 1.26 bits per heavy atom. The highest BCUT2D eigenvalue weighted by molar-refractivity contribution is 5.78. The molecule has 1 aromatic heterocycles. The number of carbonyl (C=O) groups is 1. The van der Waals surface area contributed by atoms with Gasteiger partial charge in [-0.05, 0) is 36.8 Å². The van der Waals surface area contributed by atoms with Crippen molar-refractivity contribution < 1.29 is 22.4 Å². The van der Waals surface area contributed by atoms with Crippen molar-refractivity contribution in [2.75, 3.05) is 0 Å². The van der Waals surface area contributed by atoms with Crippen LogP contribution in [-0.2, 0) is 17.4 Å². The molecule has 1 atom stereocenters. The first-order valence-electron chi connectivity index (χ1n) is 6.82. The molecule has 0 saturated carbocycles. The zero-order chi connectivity index (χ0) is 17.0. The third-order valence-electron chi connectivity index (χ3n) is 3.22. The quantitative estimate of drug-likeness (QED) is 0.871. The Morgan fingerprint density at radius 2 is 2.00 bits per heavy atom. The number of aromatic nitrogens is 1. The Bertz CT molecular complexity index is 683. The van der Waals surface area contributed by atoms with Crippen molar-refractivity contribution in [1.29, 1.82) is 0 Å². The summed E-state index contributed by atoms with van der Waals surface area (Å²) in [4.78, 5) is 15.7. The van der Waals surface area contributed by atoms with Crippen LogP contribution >= 0.6 is 0 Å². The molecule has 0 unspecified atom stereocenters. The summed E-state index contributed by atoms with van der Waals surface area (Å²) in [6, 6.07) is 6.75. The predicted molar refractivity (Wildman–Crippen MR) is 75.9 cm³/mol. The van der Waals surface area contributed by atoms with Crippen molar-refractivity contribution in [3.05, 3.63) is 65.2 Å². The van der Waals surface area contributed by atoms with E-state index in [1.807, 2.05) is 0 Å². The lowest BCUT2D eigenvalue weighted by atomic mass is 10.0. The van der Waals surface area contributed by atoms with Gasteiger partial charge in [-0.25, -0.2) is 4.39 Å². The lowest BCUT2D eigenvalue weighted by Crippen LogP contribution is -2.28. The Balaban J connectivity index is 2.02. The van der Waals surface area contributed by atoms with E-state index in [0.29, 0.717) is 11.3 Å². The maximum Gasteiger partial charge on any atom is 0.416 e. The smallest absolute Gasteiger partial charge is 0.349 e. The highest BCUT2D eigenvalue weighted by Gasteiger charge is 2.30. The van der Waals surface area contributed by atoms with Crippen molar-refractivity contribution >= 4 is 5.91 Å². The van der Waals surface area contributed by atoms with E-state index in [-0.39, 0.29) is 6.42 Å². The topological polar surface area (TPSA) is 42.0 Å². The first-order valence-corrected chi connectivity index (χ1v) is 6.82. The summed E-state index contributed by atoms with van der Waals surface area (Å²) >= 11 is 0. The standard InChI is InChI=1S/C16H14F4N2O/c1-10(11-3-2-4-12(7-11)16(18,19)20)22-15(23)8-14-6-5-13(17)9-21-14/h2-7,9-10H,8H2,1H3,(H,22,23)/t10-/m0/s1. The van der Waals surface area contributed by atoms with Gasteiger partial charge in [0.2, 0.25) is 5.91 Å². The maximum absolute atomic E-state index is 12.7. The van der Waals surface area contributed by atoms with Crippen LogP contribution < -0.4 is 5.32 Å². The number of rotatable bonds is 4. The van der Waals surface area contributed by atoms with E-state index >= 15 is 0 Å².